The van der Waals surface area contributed by atoms with E-state index in [2.05, 4.69) is 16.0 Å². The molecule has 1 aromatic rings. The van der Waals surface area contributed by atoms with E-state index in [1.807, 2.05) is 13.8 Å². The molecular weight excluding hydrogens is 300 g/mol. The Labute approximate surface area is 134 Å². The van der Waals surface area contributed by atoms with Crippen molar-refractivity contribution in [3.8, 4) is 0 Å². The van der Waals surface area contributed by atoms with Gasteiger partial charge in [0.1, 0.15) is 11.7 Å². The molecule has 1 rings (SSSR count). The molecule has 0 aromatic heterocycles. The van der Waals surface area contributed by atoms with E-state index < -0.39 is 11.0 Å². The molecule has 2 amide bonds. The van der Waals surface area contributed by atoms with Crippen LogP contribution in [0.25, 0.3) is 0 Å². The maximum Gasteiger partial charge on any atom is 0.292 e. The van der Waals surface area contributed by atoms with Crippen LogP contribution in [-0.4, -0.2) is 35.9 Å². The van der Waals surface area contributed by atoms with Crippen LogP contribution in [0.1, 0.15) is 20.8 Å². The molecule has 1 atom stereocenters. The Hall–Kier alpha value is -2.64. The zero-order valence-corrected chi connectivity index (χ0v) is 13.5. The van der Waals surface area contributed by atoms with Crippen molar-refractivity contribution >= 4 is 23.2 Å². The van der Waals surface area contributed by atoms with E-state index in [4.69, 9.17) is 0 Å². The van der Waals surface area contributed by atoms with Crippen LogP contribution in [0.2, 0.25) is 0 Å². The van der Waals surface area contributed by atoms with Crippen LogP contribution < -0.4 is 16.0 Å². The van der Waals surface area contributed by atoms with E-state index in [0.717, 1.165) is 0 Å². The summed E-state index contributed by atoms with van der Waals surface area (Å²) in [7, 11) is 0. The summed E-state index contributed by atoms with van der Waals surface area (Å²) in [6, 6.07) is 5.70. The zero-order chi connectivity index (χ0) is 17.4. The molecule has 0 radical (unpaired) electrons. The lowest BCUT2D eigenvalue weighted by atomic mass is 10.0. The molecule has 1 aromatic carbocycles. The van der Waals surface area contributed by atoms with Gasteiger partial charge in [0.25, 0.3) is 5.69 Å². The third-order valence-electron chi connectivity index (χ3n) is 3.15. The maximum absolute atomic E-state index is 12.0. The third-order valence-corrected chi connectivity index (χ3v) is 3.15. The summed E-state index contributed by atoms with van der Waals surface area (Å²) >= 11 is 0. The van der Waals surface area contributed by atoms with E-state index in [1.54, 1.807) is 18.2 Å². The Morgan fingerprint density at radius 3 is 2.43 bits per heavy atom. The van der Waals surface area contributed by atoms with Gasteiger partial charge in [0.2, 0.25) is 11.8 Å². The molecule has 0 heterocycles. The van der Waals surface area contributed by atoms with Gasteiger partial charge in [-0.05, 0) is 12.0 Å². The largest absolute Gasteiger partial charge is 0.378 e. The summed E-state index contributed by atoms with van der Waals surface area (Å²) in [4.78, 5) is 33.6. The van der Waals surface area contributed by atoms with Crippen molar-refractivity contribution in [3.63, 3.8) is 0 Å². The van der Waals surface area contributed by atoms with Crippen molar-refractivity contribution in [2.24, 2.45) is 5.92 Å². The van der Waals surface area contributed by atoms with Crippen molar-refractivity contribution in [3.05, 3.63) is 34.4 Å². The lowest BCUT2D eigenvalue weighted by Gasteiger charge is -2.21. The number of rotatable bonds is 8. The molecule has 0 saturated heterocycles. The van der Waals surface area contributed by atoms with Gasteiger partial charge in [-0.25, -0.2) is 0 Å². The number of hydrogen-bond acceptors (Lipinski definition) is 5. The SMILES string of the molecule is CC(=O)NC(C(=O)NCCNc1ccccc1[N+](=O)[O-])C(C)C. The minimum absolute atomic E-state index is 0.0165. The highest BCUT2D eigenvalue weighted by Gasteiger charge is 2.22. The first-order valence-electron chi connectivity index (χ1n) is 7.35. The summed E-state index contributed by atoms with van der Waals surface area (Å²) in [6.07, 6.45) is 0. The second-order valence-corrected chi connectivity index (χ2v) is 5.41. The lowest BCUT2D eigenvalue weighted by molar-refractivity contribution is -0.384. The number of hydrogen-bond donors (Lipinski definition) is 3. The molecule has 1 unspecified atom stereocenters. The van der Waals surface area contributed by atoms with Crippen LogP contribution in [0.15, 0.2) is 24.3 Å². The summed E-state index contributed by atoms with van der Waals surface area (Å²) in [5.41, 5.74) is 0.381. The number of benzene rings is 1. The smallest absolute Gasteiger partial charge is 0.292 e. The number of amides is 2. The number of anilines is 1. The van der Waals surface area contributed by atoms with Gasteiger partial charge in [-0.1, -0.05) is 26.0 Å². The maximum atomic E-state index is 12.0. The predicted molar refractivity (Wildman–Crippen MR) is 87.0 cm³/mol. The molecule has 8 heteroatoms. The van der Waals surface area contributed by atoms with Crippen molar-refractivity contribution < 1.29 is 14.5 Å². The molecule has 8 nitrogen and oxygen atoms in total. The first kappa shape index (κ1) is 18.4. The van der Waals surface area contributed by atoms with Crippen molar-refractivity contribution in [2.75, 3.05) is 18.4 Å². The molecule has 0 aliphatic rings. The number of nitrogens with zero attached hydrogens (tertiary/aromatic N) is 1. The molecule has 0 aliphatic carbocycles. The molecule has 0 spiro atoms. The van der Waals surface area contributed by atoms with Gasteiger partial charge < -0.3 is 16.0 Å². The number of nitro benzene ring substituents is 1. The minimum Gasteiger partial charge on any atom is -0.378 e. The molecule has 0 saturated carbocycles. The Morgan fingerprint density at radius 2 is 1.87 bits per heavy atom. The molecule has 0 fully saturated rings. The fourth-order valence-corrected chi connectivity index (χ4v) is 2.03. The Kier molecular flexibility index (Phi) is 6.98. The van der Waals surface area contributed by atoms with Crippen molar-refractivity contribution in [1.82, 2.24) is 10.6 Å². The van der Waals surface area contributed by atoms with Crippen LogP contribution in [0.5, 0.6) is 0 Å². The summed E-state index contributed by atoms with van der Waals surface area (Å²) in [5.74, 6) is -0.585. The van der Waals surface area contributed by atoms with E-state index in [9.17, 15) is 19.7 Å². The number of carbonyl (C=O) groups is 2. The highest BCUT2D eigenvalue weighted by Crippen LogP contribution is 2.22. The predicted octanol–water partition coefficient (Wildman–Crippen LogP) is 1.28. The lowest BCUT2D eigenvalue weighted by Crippen LogP contribution is -2.49. The molecule has 0 aliphatic heterocycles. The summed E-state index contributed by atoms with van der Waals surface area (Å²) in [5, 5.41) is 19.1. The number of para-hydroxylation sites is 2. The fraction of sp³-hybridized carbons (Fsp3) is 0.467. The standard InChI is InChI=1S/C15H22N4O4/c1-10(2)14(18-11(3)20)15(21)17-9-8-16-12-6-4-5-7-13(12)19(22)23/h4-7,10,14,16H,8-9H2,1-3H3,(H,17,21)(H,18,20). The first-order chi connectivity index (χ1) is 10.8. The highest BCUT2D eigenvalue weighted by atomic mass is 16.6. The molecular formula is C15H22N4O4. The molecule has 0 bridgehead atoms. The van der Waals surface area contributed by atoms with Crippen LogP contribution >= 0.6 is 0 Å². The molecule has 3 N–H and O–H groups in total. The van der Waals surface area contributed by atoms with Crippen LogP contribution in [0.3, 0.4) is 0 Å². The Balaban J connectivity index is 2.49. The van der Waals surface area contributed by atoms with Gasteiger partial charge in [-0.3, -0.25) is 19.7 Å². The molecule has 23 heavy (non-hydrogen) atoms. The van der Waals surface area contributed by atoms with E-state index >= 15 is 0 Å². The van der Waals surface area contributed by atoms with Crippen molar-refractivity contribution in [2.45, 2.75) is 26.8 Å². The van der Waals surface area contributed by atoms with Gasteiger partial charge in [0.05, 0.1) is 4.92 Å². The molecule has 126 valence electrons. The van der Waals surface area contributed by atoms with E-state index in [1.165, 1.54) is 13.0 Å². The number of carbonyl (C=O) groups excluding carboxylic acids is 2. The second-order valence-electron chi connectivity index (χ2n) is 5.41. The summed E-state index contributed by atoms with van der Waals surface area (Å²) < 4.78 is 0. The quantitative estimate of drug-likeness (QED) is 0.379. The third kappa shape index (κ3) is 5.93. The average Bonchev–Trinajstić information content (AvgIpc) is 2.48. The van der Waals surface area contributed by atoms with E-state index in [0.29, 0.717) is 12.2 Å². The van der Waals surface area contributed by atoms with Gasteiger partial charge in [0.15, 0.2) is 0 Å². The van der Waals surface area contributed by atoms with Crippen LogP contribution in [0, 0.1) is 16.0 Å². The monoisotopic (exact) mass is 322 g/mol. The first-order valence-corrected chi connectivity index (χ1v) is 7.35. The number of nitrogens with one attached hydrogen (secondary N) is 3. The van der Waals surface area contributed by atoms with Gasteiger partial charge >= 0.3 is 0 Å². The Bertz CT molecular complexity index is 574. The zero-order valence-electron chi connectivity index (χ0n) is 13.5. The topological polar surface area (TPSA) is 113 Å². The van der Waals surface area contributed by atoms with Gasteiger partial charge in [-0.2, -0.15) is 0 Å². The normalized spacial score (nSPS) is 11.7. The fourth-order valence-electron chi connectivity index (χ4n) is 2.03. The van der Waals surface area contributed by atoms with Crippen LogP contribution in [0.4, 0.5) is 11.4 Å². The van der Waals surface area contributed by atoms with Gasteiger partial charge in [0, 0.05) is 26.1 Å². The Morgan fingerprint density at radius 1 is 1.22 bits per heavy atom. The van der Waals surface area contributed by atoms with E-state index in [-0.39, 0.29) is 30.0 Å². The minimum atomic E-state index is -0.599. The van der Waals surface area contributed by atoms with Crippen molar-refractivity contribution in [1.29, 1.82) is 0 Å². The number of nitro groups is 1. The second kappa shape index (κ2) is 8.72. The summed E-state index contributed by atoms with van der Waals surface area (Å²) in [6.45, 7) is 5.66. The van der Waals surface area contributed by atoms with Gasteiger partial charge in [-0.15, -0.1) is 0 Å². The van der Waals surface area contributed by atoms with Crippen LogP contribution in [-0.2, 0) is 9.59 Å². The average molecular weight is 322 g/mol. The highest BCUT2D eigenvalue weighted by molar-refractivity contribution is 5.87.